The van der Waals surface area contributed by atoms with Crippen molar-refractivity contribution in [2.45, 2.75) is 143 Å². The Labute approximate surface area is 276 Å². The van der Waals surface area contributed by atoms with E-state index in [0.717, 1.165) is 25.7 Å². The molecule has 2 aliphatic carbocycles. The largest absolute Gasteiger partial charge is 0.481 e. The average Bonchev–Trinajstić information content (AvgIpc) is 3.32. The molecule has 0 heterocycles. The molecule has 11 nitrogen and oxygen atoms in total. The first-order chi connectivity index (χ1) is 21.7. The summed E-state index contributed by atoms with van der Waals surface area (Å²) >= 11 is 0. The van der Waals surface area contributed by atoms with Crippen LogP contribution in [0.4, 0.5) is 0 Å². The van der Waals surface area contributed by atoms with Crippen LogP contribution in [0.3, 0.4) is 0 Å². The molecule has 0 unspecified atom stereocenters. The van der Waals surface area contributed by atoms with Crippen LogP contribution < -0.4 is 17.2 Å². The monoisotopic (exact) mass is 653 g/mol. The highest BCUT2D eigenvalue weighted by molar-refractivity contribution is 5.70. The Hall–Kier alpha value is -2.24. The standard InChI is InChI=1S/C35H63N3O8/c1-6-26(44-31(41)13-18-36)11-16-34(4)17-12-27(45-32(42)14-19-37)22-25-8-9-28(23(2)7-10-30(39)40)35(25,5)29(21-24(34)3)46-33(43)15-20-38/h23-29H,6-22,36-38H2,1-5H3,(H,39,40)/t23-,24-,25+,26+,27-,28-,29+,34+,35+/m1/s1. The van der Waals surface area contributed by atoms with E-state index in [1.54, 1.807) is 0 Å². The number of carboxylic acids is 1. The molecule has 11 heteroatoms. The van der Waals surface area contributed by atoms with Crippen LogP contribution in [0.25, 0.3) is 0 Å². The van der Waals surface area contributed by atoms with Crippen molar-refractivity contribution in [1.82, 2.24) is 0 Å². The van der Waals surface area contributed by atoms with E-state index in [1.807, 2.05) is 6.92 Å². The number of carboxylic acid groups (broad SMARTS) is 1. The van der Waals surface area contributed by atoms with Gasteiger partial charge in [-0.05, 0) is 93.3 Å². The van der Waals surface area contributed by atoms with Crippen LogP contribution in [0.2, 0.25) is 0 Å². The molecule has 2 rings (SSSR count). The highest BCUT2D eigenvalue weighted by Crippen LogP contribution is 2.59. The lowest BCUT2D eigenvalue weighted by atomic mass is 9.59. The Morgan fingerprint density at radius 3 is 2.04 bits per heavy atom. The number of ether oxygens (including phenoxy) is 3. The van der Waals surface area contributed by atoms with Gasteiger partial charge in [0.1, 0.15) is 18.3 Å². The number of esters is 3. The van der Waals surface area contributed by atoms with Crippen LogP contribution in [0.5, 0.6) is 0 Å². The van der Waals surface area contributed by atoms with Gasteiger partial charge in [0.25, 0.3) is 0 Å². The van der Waals surface area contributed by atoms with Gasteiger partial charge < -0.3 is 36.5 Å². The normalized spacial score (nSPS) is 31.3. The molecule has 0 aliphatic heterocycles. The molecule has 2 fully saturated rings. The van der Waals surface area contributed by atoms with Crippen molar-refractivity contribution in [3.05, 3.63) is 0 Å². The van der Waals surface area contributed by atoms with Crippen molar-refractivity contribution in [2.75, 3.05) is 19.6 Å². The maximum absolute atomic E-state index is 13.1. The number of carbonyl (C=O) groups excluding carboxylic acids is 3. The summed E-state index contributed by atoms with van der Waals surface area (Å²) < 4.78 is 18.2. The van der Waals surface area contributed by atoms with Crippen LogP contribution in [0.15, 0.2) is 0 Å². The Morgan fingerprint density at radius 1 is 0.848 bits per heavy atom. The van der Waals surface area contributed by atoms with Gasteiger partial charge in [0.15, 0.2) is 0 Å². The van der Waals surface area contributed by atoms with Gasteiger partial charge in [-0.1, -0.05) is 34.6 Å². The molecule has 0 bridgehead atoms. The summed E-state index contributed by atoms with van der Waals surface area (Å²) in [6, 6.07) is 0. The zero-order chi connectivity index (χ0) is 34.5. The van der Waals surface area contributed by atoms with E-state index in [2.05, 4.69) is 27.7 Å². The highest BCUT2D eigenvalue weighted by Gasteiger charge is 2.56. The van der Waals surface area contributed by atoms with Crippen LogP contribution in [-0.2, 0) is 33.4 Å². The van der Waals surface area contributed by atoms with Crippen molar-refractivity contribution >= 4 is 23.9 Å². The number of fused-ring (bicyclic) bond motifs is 1. The number of hydrogen-bond acceptors (Lipinski definition) is 10. The lowest BCUT2D eigenvalue weighted by molar-refractivity contribution is -0.168. The SMILES string of the molecule is CC[C@@H](CC[C@@]1(C)CC[C@@H](OC(=O)CCN)C[C@@H]2CC[C@H]([C@H](C)CCC(=O)O)[C@@]2(C)[C@@H](OC(=O)CCN)C[C@H]1C)OC(=O)CCN. The molecule has 0 aromatic carbocycles. The molecular weight excluding hydrogens is 590 g/mol. The molecule has 0 aromatic rings. The molecule has 46 heavy (non-hydrogen) atoms. The second-order valence-corrected chi connectivity index (χ2v) is 14.5. The van der Waals surface area contributed by atoms with E-state index in [0.29, 0.717) is 38.5 Å². The summed E-state index contributed by atoms with van der Waals surface area (Å²) in [5, 5.41) is 9.45. The maximum atomic E-state index is 13.1. The quantitative estimate of drug-likeness (QED) is 0.125. The Kier molecular flexibility index (Phi) is 16.4. The minimum Gasteiger partial charge on any atom is -0.481 e. The minimum atomic E-state index is -0.821. The molecule has 0 spiro atoms. The number of carbonyl (C=O) groups is 4. The fourth-order valence-corrected chi connectivity index (χ4v) is 8.21. The predicted molar refractivity (Wildman–Crippen MR) is 176 cm³/mol. The van der Waals surface area contributed by atoms with Gasteiger partial charge in [0.05, 0.1) is 19.3 Å². The van der Waals surface area contributed by atoms with E-state index in [9.17, 15) is 24.3 Å². The van der Waals surface area contributed by atoms with Gasteiger partial charge in [-0.3, -0.25) is 19.2 Å². The third-order valence-corrected chi connectivity index (χ3v) is 11.4. The summed E-state index contributed by atoms with van der Waals surface area (Å²) in [5.74, 6) is -1.32. The maximum Gasteiger partial charge on any atom is 0.307 e. The van der Waals surface area contributed by atoms with E-state index in [1.165, 1.54) is 0 Å². The summed E-state index contributed by atoms with van der Waals surface area (Å²) in [6.07, 6.45) is 6.74. The van der Waals surface area contributed by atoms with Gasteiger partial charge in [-0.2, -0.15) is 0 Å². The lowest BCUT2D eigenvalue weighted by Gasteiger charge is -2.49. The van der Waals surface area contributed by atoms with E-state index >= 15 is 0 Å². The fourth-order valence-electron chi connectivity index (χ4n) is 8.21. The third-order valence-electron chi connectivity index (χ3n) is 11.4. The van der Waals surface area contributed by atoms with E-state index < -0.39 is 17.5 Å². The smallest absolute Gasteiger partial charge is 0.307 e. The molecule has 2 aliphatic rings. The summed E-state index contributed by atoms with van der Waals surface area (Å²) in [5.41, 5.74) is 16.3. The first-order valence-corrected chi connectivity index (χ1v) is 17.6. The number of nitrogens with two attached hydrogens (primary N) is 3. The molecule has 0 amide bonds. The molecule has 0 saturated heterocycles. The predicted octanol–water partition coefficient (Wildman–Crippen LogP) is 4.71. The molecule has 9 atom stereocenters. The highest BCUT2D eigenvalue weighted by atomic mass is 16.6. The van der Waals surface area contributed by atoms with Gasteiger partial charge in [0, 0.05) is 31.5 Å². The van der Waals surface area contributed by atoms with Gasteiger partial charge >= 0.3 is 23.9 Å². The van der Waals surface area contributed by atoms with Crippen molar-refractivity contribution in [2.24, 2.45) is 51.7 Å². The second kappa shape index (κ2) is 18.9. The van der Waals surface area contributed by atoms with Crippen LogP contribution in [0.1, 0.15) is 125 Å². The summed E-state index contributed by atoms with van der Waals surface area (Å²) in [6.45, 7) is 11.4. The topological polar surface area (TPSA) is 194 Å². The van der Waals surface area contributed by atoms with E-state index in [-0.39, 0.29) is 105 Å². The number of hydrogen-bond donors (Lipinski definition) is 4. The molecule has 7 N–H and O–H groups in total. The minimum absolute atomic E-state index is 0.0816. The lowest BCUT2D eigenvalue weighted by Crippen LogP contribution is -2.49. The zero-order valence-corrected chi connectivity index (χ0v) is 29.1. The first-order valence-electron chi connectivity index (χ1n) is 17.6. The summed E-state index contributed by atoms with van der Waals surface area (Å²) in [7, 11) is 0. The van der Waals surface area contributed by atoms with Gasteiger partial charge in [0.2, 0.25) is 0 Å². The van der Waals surface area contributed by atoms with Gasteiger partial charge in [-0.25, -0.2) is 0 Å². The van der Waals surface area contributed by atoms with Gasteiger partial charge in [-0.15, -0.1) is 0 Å². The summed E-state index contributed by atoms with van der Waals surface area (Å²) in [4.78, 5) is 49.7. The van der Waals surface area contributed by atoms with Crippen LogP contribution >= 0.6 is 0 Å². The Balaban J connectivity index is 2.54. The number of rotatable bonds is 17. The number of aliphatic carboxylic acids is 1. The first kappa shape index (κ1) is 39.9. The second-order valence-electron chi connectivity index (χ2n) is 14.5. The molecular formula is C35H63N3O8. The molecule has 0 aromatic heterocycles. The van der Waals surface area contributed by atoms with Crippen molar-refractivity contribution in [3.8, 4) is 0 Å². The van der Waals surface area contributed by atoms with E-state index in [4.69, 9.17) is 31.4 Å². The van der Waals surface area contributed by atoms with Crippen molar-refractivity contribution in [3.63, 3.8) is 0 Å². The molecule has 2 saturated carbocycles. The third kappa shape index (κ3) is 11.2. The molecule has 0 radical (unpaired) electrons. The molecule has 266 valence electrons. The van der Waals surface area contributed by atoms with Crippen molar-refractivity contribution < 1.29 is 38.5 Å². The van der Waals surface area contributed by atoms with Crippen LogP contribution in [-0.4, -0.2) is 66.9 Å². The Morgan fingerprint density at radius 2 is 1.46 bits per heavy atom. The zero-order valence-electron chi connectivity index (χ0n) is 29.1. The fraction of sp³-hybridized carbons (Fsp3) is 0.886. The van der Waals surface area contributed by atoms with Crippen LogP contribution in [0, 0.1) is 34.5 Å². The average molecular weight is 654 g/mol. The Bertz CT molecular complexity index is 995. The van der Waals surface area contributed by atoms with Crippen molar-refractivity contribution in [1.29, 1.82) is 0 Å².